The zero-order valence-corrected chi connectivity index (χ0v) is 13.3. The minimum Gasteiger partial charge on any atom is -0.294 e. The van der Waals surface area contributed by atoms with Gasteiger partial charge in [0.15, 0.2) is 11.6 Å². The van der Waals surface area contributed by atoms with E-state index in [0.29, 0.717) is 17.6 Å². The zero-order valence-electron chi connectivity index (χ0n) is 11.1. The maximum absolute atomic E-state index is 12.7. The van der Waals surface area contributed by atoms with Crippen LogP contribution < -0.4 is 0 Å². The molecule has 0 bridgehead atoms. The molecule has 1 aliphatic carbocycles. The van der Waals surface area contributed by atoms with Gasteiger partial charge in [0.25, 0.3) is 0 Å². The van der Waals surface area contributed by atoms with Crippen molar-refractivity contribution in [3.05, 3.63) is 63.3 Å². The number of Topliss-reactive ketones (excluding diaryl/α,β-unsaturated/α-hetero) is 2. The molecule has 0 amide bonds. The van der Waals surface area contributed by atoms with Crippen molar-refractivity contribution in [2.75, 3.05) is 0 Å². The van der Waals surface area contributed by atoms with Gasteiger partial charge in [-0.25, -0.2) is 0 Å². The van der Waals surface area contributed by atoms with E-state index in [-0.39, 0.29) is 11.6 Å². The van der Waals surface area contributed by atoms with Crippen LogP contribution in [0.5, 0.6) is 0 Å². The van der Waals surface area contributed by atoms with Gasteiger partial charge >= 0.3 is 0 Å². The Morgan fingerprint density at radius 3 is 2.60 bits per heavy atom. The molecule has 2 rings (SSSR count). The predicted molar refractivity (Wildman–Crippen MR) is 89.7 cm³/mol. The third-order valence-electron chi connectivity index (χ3n) is 3.40. The molecule has 0 heterocycles. The third-order valence-corrected chi connectivity index (χ3v) is 4.07. The summed E-state index contributed by atoms with van der Waals surface area (Å²) in [7, 11) is 0. The molecule has 0 aromatic heterocycles. The van der Waals surface area contributed by atoms with E-state index >= 15 is 0 Å². The van der Waals surface area contributed by atoms with Crippen LogP contribution in [0.25, 0.3) is 6.08 Å². The summed E-state index contributed by atoms with van der Waals surface area (Å²) in [6.45, 7) is 7.46. The number of rotatable bonds is 4. The van der Waals surface area contributed by atoms with Gasteiger partial charge in [0.05, 0.1) is 5.57 Å². The van der Waals surface area contributed by atoms with E-state index in [9.17, 15) is 9.59 Å². The van der Waals surface area contributed by atoms with Gasteiger partial charge in [-0.1, -0.05) is 25.3 Å². The highest BCUT2D eigenvalue weighted by molar-refractivity contribution is 14.1. The van der Waals surface area contributed by atoms with E-state index < -0.39 is 0 Å². The van der Waals surface area contributed by atoms with Gasteiger partial charge in [-0.3, -0.25) is 9.59 Å². The van der Waals surface area contributed by atoms with Gasteiger partial charge in [0.1, 0.15) is 0 Å². The summed E-state index contributed by atoms with van der Waals surface area (Å²) >= 11 is 2.18. The Labute approximate surface area is 132 Å². The molecule has 0 saturated heterocycles. The molecule has 20 heavy (non-hydrogen) atoms. The van der Waals surface area contributed by atoms with E-state index in [1.807, 2.05) is 12.1 Å². The van der Waals surface area contributed by atoms with Gasteiger partial charge in [0.2, 0.25) is 0 Å². The highest BCUT2D eigenvalue weighted by Gasteiger charge is 2.26. The topological polar surface area (TPSA) is 34.1 Å². The first kappa shape index (κ1) is 14.9. The minimum atomic E-state index is -0.212. The van der Waals surface area contributed by atoms with Gasteiger partial charge in [-0.05, 0) is 64.8 Å². The molecular weight excluding hydrogens is 363 g/mol. The van der Waals surface area contributed by atoms with Crippen LogP contribution in [-0.2, 0) is 4.79 Å². The van der Waals surface area contributed by atoms with Crippen molar-refractivity contribution in [3.8, 4) is 0 Å². The van der Waals surface area contributed by atoms with Crippen LogP contribution in [0.15, 0.2) is 48.6 Å². The van der Waals surface area contributed by atoms with Gasteiger partial charge in [0, 0.05) is 15.6 Å². The first-order valence-corrected chi connectivity index (χ1v) is 7.51. The number of allylic oxidation sites excluding steroid dienone is 3. The lowest BCUT2D eigenvalue weighted by molar-refractivity contribution is -0.115. The summed E-state index contributed by atoms with van der Waals surface area (Å²) in [6, 6.07) is 5.52. The Balaban J connectivity index is 2.55. The quantitative estimate of drug-likeness (QED) is 0.444. The standard InChI is InChI=1S/C17H15IO2/c1-3-11-6-5-7-15(19)16(11)17(20)14-9-8-13(18)10-12(14)4-2/h3-4,8-10H,1-2,5-7H2. The molecule has 1 aromatic rings. The van der Waals surface area contributed by atoms with Crippen molar-refractivity contribution in [3.63, 3.8) is 0 Å². The molecule has 0 N–H and O–H groups in total. The average molecular weight is 378 g/mol. The number of halogens is 1. The lowest BCUT2D eigenvalue weighted by Crippen LogP contribution is -2.19. The number of ketones is 2. The van der Waals surface area contributed by atoms with Gasteiger partial charge in [-0.15, -0.1) is 0 Å². The lowest BCUT2D eigenvalue weighted by atomic mass is 9.85. The second-order valence-electron chi connectivity index (χ2n) is 4.65. The Morgan fingerprint density at radius 1 is 1.20 bits per heavy atom. The lowest BCUT2D eigenvalue weighted by Gasteiger charge is -2.17. The first-order chi connectivity index (χ1) is 9.58. The van der Waals surface area contributed by atoms with Crippen LogP contribution in [0.4, 0.5) is 0 Å². The number of hydrogen-bond donors (Lipinski definition) is 0. The maximum Gasteiger partial charge on any atom is 0.197 e. The molecule has 1 aromatic carbocycles. The molecule has 0 radical (unpaired) electrons. The van der Waals surface area contributed by atoms with Crippen LogP contribution >= 0.6 is 22.6 Å². The van der Waals surface area contributed by atoms with Gasteiger partial charge in [-0.2, -0.15) is 0 Å². The summed E-state index contributed by atoms with van der Waals surface area (Å²) in [5, 5.41) is 0. The summed E-state index contributed by atoms with van der Waals surface area (Å²) in [4.78, 5) is 24.8. The largest absolute Gasteiger partial charge is 0.294 e. The van der Waals surface area contributed by atoms with Crippen molar-refractivity contribution in [2.24, 2.45) is 0 Å². The Kier molecular flexibility index (Phi) is 4.70. The molecule has 0 unspecified atom stereocenters. The smallest absolute Gasteiger partial charge is 0.197 e. The molecule has 102 valence electrons. The van der Waals surface area contributed by atoms with Crippen LogP contribution in [0.1, 0.15) is 35.2 Å². The van der Waals surface area contributed by atoms with Crippen molar-refractivity contribution in [1.82, 2.24) is 0 Å². The third kappa shape index (κ3) is 2.82. The highest BCUT2D eigenvalue weighted by Crippen LogP contribution is 2.27. The van der Waals surface area contributed by atoms with Crippen LogP contribution in [-0.4, -0.2) is 11.6 Å². The Bertz CT molecular complexity index is 638. The molecule has 0 atom stereocenters. The SMILES string of the molecule is C=CC1=C(C(=O)c2ccc(I)cc2C=C)C(=O)CCC1. The Morgan fingerprint density at radius 2 is 1.95 bits per heavy atom. The molecule has 0 spiro atoms. The fraction of sp³-hybridized carbons (Fsp3) is 0.176. The first-order valence-electron chi connectivity index (χ1n) is 6.44. The molecule has 0 aliphatic heterocycles. The van der Waals surface area contributed by atoms with E-state index in [4.69, 9.17) is 0 Å². The number of carbonyl (C=O) groups is 2. The predicted octanol–water partition coefficient (Wildman–Crippen LogP) is 4.35. The molecule has 2 nitrogen and oxygen atoms in total. The second kappa shape index (κ2) is 6.31. The number of hydrogen-bond acceptors (Lipinski definition) is 2. The minimum absolute atomic E-state index is 0.0790. The normalized spacial score (nSPS) is 15.2. The van der Waals surface area contributed by atoms with E-state index in [2.05, 4.69) is 35.7 Å². The highest BCUT2D eigenvalue weighted by atomic mass is 127. The molecular formula is C17H15IO2. The number of benzene rings is 1. The van der Waals surface area contributed by atoms with E-state index in [0.717, 1.165) is 27.5 Å². The van der Waals surface area contributed by atoms with Gasteiger partial charge < -0.3 is 0 Å². The van der Waals surface area contributed by atoms with Crippen molar-refractivity contribution < 1.29 is 9.59 Å². The summed E-state index contributed by atoms with van der Waals surface area (Å²) in [6.07, 6.45) is 5.25. The Hall–Kier alpha value is -1.49. The monoisotopic (exact) mass is 378 g/mol. The molecule has 3 heteroatoms. The average Bonchev–Trinajstić information content (AvgIpc) is 2.46. The molecule has 0 saturated carbocycles. The fourth-order valence-corrected chi connectivity index (χ4v) is 2.90. The molecule has 0 fully saturated rings. The summed E-state index contributed by atoms with van der Waals surface area (Å²) < 4.78 is 1.03. The van der Waals surface area contributed by atoms with E-state index in [1.165, 1.54) is 0 Å². The maximum atomic E-state index is 12.7. The molecule has 1 aliphatic rings. The number of carbonyl (C=O) groups excluding carboxylic acids is 2. The van der Waals surface area contributed by atoms with Crippen molar-refractivity contribution in [1.29, 1.82) is 0 Å². The fourth-order valence-electron chi connectivity index (χ4n) is 2.39. The van der Waals surface area contributed by atoms with Crippen LogP contribution in [0.3, 0.4) is 0 Å². The summed E-state index contributed by atoms with van der Waals surface area (Å²) in [5.74, 6) is -0.291. The van der Waals surface area contributed by atoms with Crippen molar-refractivity contribution >= 4 is 40.2 Å². The van der Waals surface area contributed by atoms with Crippen LogP contribution in [0.2, 0.25) is 0 Å². The second-order valence-corrected chi connectivity index (χ2v) is 5.89. The van der Waals surface area contributed by atoms with E-state index in [1.54, 1.807) is 18.2 Å². The van der Waals surface area contributed by atoms with Crippen LogP contribution in [0, 0.1) is 3.57 Å². The summed E-state index contributed by atoms with van der Waals surface area (Å²) in [5.41, 5.74) is 2.36. The van der Waals surface area contributed by atoms with Crippen molar-refractivity contribution in [2.45, 2.75) is 19.3 Å². The zero-order chi connectivity index (χ0) is 14.7.